The van der Waals surface area contributed by atoms with Crippen LogP contribution in [0, 0.1) is 5.41 Å². The second kappa shape index (κ2) is 10.7. The molecule has 2 aliphatic rings. The van der Waals surface area contributed by atoms with Crippen molar-refractivity contribution in [2.45, 2.75) is 32.2 Å². The van der Waals surface area contributed by atoms with Gasteiger partial charge in [-0.05, 0) is 48.4 Å². The van der Waals surface area contributed by atoms with Gasteiger partial charge in [-0.2, -0.15) is 4.98 Å². The van der Waals surface area contributed by atoms with Gasteiger partial charge < -0.3 is 25.0 Å². The predicted molar refractivity (Wildman–Crippen MR) is 157 cm³/mol. The fraction of sp³-hybridized carbons (Fsp3) is 0.344. The van der Waals surface area contributed by atoms with Gasteiger partial charge in [0.2, 0.25) is 11.9 Å². The Bertz CT molecular complexity index is 1530. The quantitative estimate of drug-likeness (QED) is 0.383. The van der Waals surface area contributed by atoms with Gasteiger partial charge in [0.1, 0.15) is 5.82 Å². The fourth-order valence-electron chi connectivity index (χ4n) is 6.20. The highest BCUT2D eigenvalue weighted by molar-refractivity contribution is 5.92. The second-order valence-corrected chi connectivity index (χ2v) is 10.8. The van der Waals surface area contributed by atoms with Crippen LogP contribution in [0.5, 0.6) is 11.5 Å². The van der Waals surface area contributed by atoms with E-state index in [1.807, 2.05) is 18.2 Å². The Labute approximate surface area is 234 Å². The van der Waals surface area contributed by atoms with E-state index in [2.05, 4.69) is 63.3 Å². The molecule has 0 saturated carbocycles. The molecule has 206 valence electrons. The standard InChI is InChI=1S/C32H35N5O3/c1-39-27-18-25-26(19-28(27)40-2)34-31(35-29(25)33)36-16-13-32(14-17-36,20-22-8-4-3-5-9-22)30(38)37-15-12-23-10-6-7-11-24(23)21-37/h3-11,18-19H,12-17,20-21H2,1-2H3,(H2,33,34,35). The lowest BCUT2D eigenvalue weighted by molar-refractivity contribution is -0.144. The van der Waals surface area contributed by atoms with Gasteiger partial charge in [0, 0.05) is 37.6 Å². The van der Waals surface area contributed by atoms with E-state index in [1.54, 1.807) is 14.2 Å². The maximum atomic E-state index is 14.3. The Morgan fingerprint density at radius 1 is 0.900 bits per heavy atom. The van der Waals surface area contributed by atoms with Gasteiger partial charge in [-0.25, -0.2) is 4.98 Å². The van der Waals surface area contributed by atoms with Crippen LogP contribution in [0.2, 0.25) is 0 Å². The van der Waals surface area contributed by atoms with Gasteiger partial charge in [-0.15, -0.1) is 0 Å². The van der Waals surface area contributed by atoms with Gasteiger partial charge in [0.05, 0.1) is 25.2 Å². The summed E-state index contributed by atoms with van der Waals surface area (Å²) in [5.74, 6) is 2.39. The zero-order chi connectivity index (χ0) is 27.7. The Hall–Kier alpha value is -4.33. The van der Waals surface area contributed by atoms with Crippen molar-refractivity contribution in [3.63, 3.8) is 0 Å². The number of piperidine rings is 1. The molecule has 0 spiro atoms. The van der Waals surface area contributed by atoms with Crippen molar-refractivity contribution >= 4 is 28.6 Å². The molecule has 8 nitrogen and oxygen atoms in total. The zero-order valence-electron chi connectivity index (χ0n) is 23.1. The fourth-order valence-corrected chi connectivity index (χ4v) is 6.20. The molecule has 0 radical (unpaired) electrons. The van der Waals surface area contributed by atoms with Crippen LogP contribution in [-0.2, 0) is 24.2 Å². The predicted octanol–water partition coefficient (Wildman–Crippen LogP) is 4.64. The van der Waals surface area contributed by atoms with E-state index in [9.17, 15) is 4.79 Å². The normalized spacial score (nSPS) is 16.4. The third-order valence-electron chi connectivity index (χ3n) is 8.48. The molecule has 2 N–H and O–H groups in total. The molecule has 1 fully saturated rings. The molecule has 1 aromatic heterocycles. The summed E-state index contributed by atoms with van der Waals surface area (Å²) < 4.78 is 10.9. The van der Waals surface area contributed by atoms with Gasteiger partial charge >= 0.3 is 0 Å². The number of benzene rings is 3. The number of rotatable bonds is 6. The number of carbonyl (C=O) groups is 1. The average Bonchev–Trinajstić information content (AvgIpc) is 3.00. The van der Waals surface area contributed by atoms with E-state index >= 15 is 0 Å². The molecule has 6 rings (SSSR count). The van der Waals surface area contributed by atoms with Crippen LogP contribution in [-0.4, -0.2) is 54.6 Å². The summed E-state index contributed by atoms with van der Waals surface area (Å²) >= 11 is 0. The van der Waals surface area contributed by atoms with E-state index in [1.165, 1.54) is 16.7 Å². The lowest BCUT2D eigenvalue weighted by atomic mass is 9.72. The average molecular weight is 538 g/mol. The number of amides is 1. The highest BCUT2D eigenvalue weighted by Gasteiger charge is 2.44. The number of carbonyl (C=O) groups excluding carboxylic acids is 1. The van der Waals surface area contributed by atoms with Crippen molar-refractivity contribution < 1.29 is 14.3 Å². The molecule has 0 bridgehead atoms. The third-order valence-corrected chi connectivity index (χ3v) is 8.48. The molecule has 3 aromatic carbocycles. The van der Waals surface area contributed by atoms with Crippen LogP contribution in [0.15, 0.2) is 66.7 Å². The van der Waals surface area contributed by atoms with E-state index in [0.717, 1.165) is 24.8 Å². The monoisotopic (exact) mass is 537 g/mol. The molecule has 0 unspecified atom stereocenters. The van der Waals surface area contributed by atoms with Crippen LogP contribution in [0.3, 0.4) is 0 Å². The first-order valence-electron chi connectivity index (χ1n) is 13.8. The Balaban J connectivity index is 1.27. The van der Waals surface area contributed by atoms with Gasteiger partial charge in [-0.3, -0.25) is 4.79 Å². The van der Waals surface area contributed by atoms with Crippen LogP contribution in [0.4, 0.5) is 11.8 Å². The number of nitrogens with zero attached hydrogens (tertiary/aromatic N) is 4. The SMILES string of the molecule is COc1cc2nc(N3CCC(Cc4ccccc4)(C(=O)N4CCc5ccccc5C4)CC3)nc(N)c2cc1OC. The smallest absolute Gasteiger partial charge is 0.229 e. The number of ether oxygens (including phenoxy) is 2. The van der Waals surface area contributed by atoms with Crippen molar-refractivity contribution in [3.8, 4) is 11.5 Å². The summed E-state index contributed by atoms with van der Waals surface area (Å²) in [6, 6.07) is 22.5. The first-order chi connectivity index (χ1) is 19.5. The molecule has 40 heavy (non-hydrogen) atoms. The summed E-state index contributed by atoms with van der Waals surface area (Å²) in [4.78, 5) is 28.0. The van der Waals surface area contributed by atoms with Crippen molar-refractivity contribution in [2.24, 2.45) is 5.41 Å². The summed E-state index contributed by atoms with van der Waals surface area (Å²) in [5, 5.41) is 0.720. The molecule has 0 aliphatic carbocycles. The third kappa shape index (κ3) is 4.78. The first kappa shape index (κ1) is 25.9. The molecule has 0 atom stereocenters. The number of methoxy groups -OCH3 is 2. The Kier molecular flexibility index (Phi) is 6.92. The van der Waals surface area contributed by atoms with Gasteiger partial charge in [-0.1, -0.05) is 54.6 Å². The maximum Gasteiger partial charge on any atom is 0.229 e. The van der Waals surface area contributed by atoms with Crippen LogP contribution >= 0.6 is 0 Å². The number of aromatic nitrogens is 2. The molecule has 2 aliphatic heterocycles. The molecule has 1 amide bonds. The molecule has 1 saturated heterocycles. The number of anilines is 2. The summed E-state index contributed by atoms with van der Waals surface area (Å²) in [5.41, 5.74) is 10.4. The van der Waals surface area contributed by atoms with Crippen LogP contribution in [0.1, 0.15) is 29.5 Å². The zero-order valence-corrected chi connectivity index (χ0v) is 23.1. The second-order valence-electron chi connectivity index (χ2n) is 10.8. The Morgan fingerprint density at radius 2 is 1.57 bits per heavy atom. The molecular formula is C32H35N5O3. The molecule has 3 heterocycles. The topological polar surface area (TPSA) is 93.8 Å². The summed E-state index contributed by atoms with van der Waals surface area (Å²) in [6.45, 7) is 2.76. The minimum absolute atomic E-state index is 0.251. The highest BCUT2D eigenvalue weighted by atomic mass is 16.5. The number of fused-ring (bicyclic) bond motifs is 2. The minimum Gasteiger partial charge on any atom is -0.493 e. The van der Waals surface area contributed by atoms with E-state index in [4.69, 9.17) is 20.2 Å². The number of hydrogen-bond acceptors (Lipinski definition) is 7. The Morgan fingerprint density at radius 3 is 2.30 bits per heavy atom. The van der Waals surface area contributed by atoms with Gasteiger partial charge in [0.15, 0.2) is 11.5 Å². The van der Waals surface area contributed by atoms with E-state index < -0.39 is 5.41 Å². The number of nitrogens with two attached hydrogens (primary N) is 1. The number of nitrogen functional groups attached to an aromatic ring is 1. The minimum atomic E-state index is -0.483. The molecule has 4 aromatic rings. The lowest BCUT2D eigenvalue weighted by Crippen LogP contribution is -2.52. The highest BCUT2D eigenvalue weighted by Crippen LogP contribution is 2.40. The van der Waals surface area contributed by atoms with Gasteiger partial charge in [0.25, 0.3) is 0 Å². The number of hydrogen-bond donors (Lipinski definition) is 1. The summed E-state index contributed by atoms with van der Waals surface area (Å²) in [7, 11) is 3.19. The largest absolute Gasteiger partial charge is 0.493 e. The molecule has 8 heteroatoms. The van der Waals surface area contributed by atoms with Crippen molar-refractivity contribution in [2.75, 3.05) is 44.5 Å². The molecular weight excluding hydrogens is 502 g/mol. The lowest BCUT2D eigenvalue weighted by Gasteiger charge is -2.44. The first-order valence-corrected chi connectivity index (χ1v) is 13.8. The van der Waals surface area contributed by atoms with Crippen molar-refractivity contribution in [3.05, 3.63) is 83.4 Å². The van der Waals surface area contributed by atoms with E-state index in [-0.39, 0.29) is 5.91 Å². The van der Waals surface area contributed by atoms with Crippen LogP contribution in [0.25, 0.3) is 10.9 Å². The van der Waals surface area contributed by atoms with Crippen molar-refractivity contribution in [1.29, 1.82) is 0 Å². The maximum absolute atomic E-state index is 14.3. The van der Waals surface area contributed by atoms with Crippen LogP contribution < -0.4 is 20.1 Å². The summed E-state index contributed by atoms with van der Waals surface area (Å²) in [6.07, 6.45) is 3.04. The van der Waals surface area contributed by atoms with E-state index in [0.29, 0.717) is 61.3 Å². The van der Waals surface area contributed by atoms with Crippen molar-refractivity contribution in [1.82, 2.24) is 14.9 Å².